The van der Waals surface area contributed by atoms with Gasteiger partial charge < -0.3 is 0 Å². The third-order valence-electron chi connectivity index (χ3n) is 1.69. The van der Waals surface area contributed by atoms with E-state index in [1.807, 2.05) is 12.1 Å². The van der Waals surface area contributed by atoms with Crippen molar-refractivity contribution in [3.63, 3.8) is 0 Å². The molecule has 0 aliphatic heterocycles. The van der Waals surface area contributed by atoms with Crippen LogP contribution in [0.25, 0.3) is 0 Å². The summed E-state index contributed by atoms with van der Waals surface area (Å²) in [5.74, 6) is 0. The molecule has 1 radical (unpaired) electrons. The highest BCUT2D eigenvalue weighted by Crippen LogP contribution is 2.18. The molecule has 0 unspecified atom stereocenters. The Kier molecular flexibility index (Phi) is 2.50. The lowest BCUT2D eigenvalue weighted by atomic mass is 10.1. The van der Waals surface area contributed by atoms with Gasteiger partial charge in [-0.25, -0.2) is 0 Å². The molecule has 1 heteroatoms. The highest BCUT2D eigenvalue weighted by molar-refractivity contribution is 9.10. The van der Waals surface area contributed by atoms with Gasteiger partial charge in [0, 0.05) is 4.47 Å². The Hall–Kier alpha value is -0.300. The van der Waals surface area contributed by atoms with Gasteiger partial charge in [0.1, 0.15) is 0 Å². The Morgan fingerprint density at radius 1 is 1.50 bits per heavy atom. The van der Waals surface area contributed by atoms with Gasteiger partial charge in [0.15, 0.2) is 0 Å². The lowest BCUT2D eigenvalue weighted by molar-refractivity contribution is 1.10. The number of aryl methyl sites for hydroxylation is 1. The van der Waals surface area contributed by atoms with Crippen molar-refractivity contribution >= 4 is 15.9 Å². The van der Waals surface area contributed by atoms with Crippen LogP contribution in [-0.4, -0.2) is 0 Å². The van der Waals surface area contributed by atoms with Gasteiger partial charge in [-0.05, 0) is 36.6 Å². The molecule has 0 aliphatic rings. The van der Waals surface area contributed by atoms with Crippen LogP contribution < -0.4 is 0 Å². The molecule has 0 atom stereocenters. The van der Waals surface area contributed by atoms with Crippen molar-refractivity contribution < 1.29 is 0 Å². The molecule has 0 amide bonds. The molecule has 0 nitrogen and oxygen atoms in total. The molecule has 1 aromatic carbocycles. The van der Waals surface area contributed by atoms with E-state index in [0.29, 0.717) is 0 Å². The predicted octanol–water partition coefficient (Wildman–Crippen LogP) is 3.12. The molecule has 0 heterocycles. The van der Waals surface area contributed by atoms with Gasteiger partial charge in [-0.15, -0.1) is 0 Å². The maximum Gasteiger partial charge on any atom is 0.0213 e. The molecule has 1 aromatic rings. The van der Waals surface area contributed by atoms with Crippen LogP contribution in [0.3, 0.4) is 0 Å². The molecule has 0 fully saturated rings. The Morgan fingerprint density at radius 3 is 2.70 bits per heavy atom. The molecular weight excluding hydrogens is 188 g/mol. The first-order chi connectivity index (χ1) is 4.75. The second-order valence-electron chi connectivity index (χ2n) is 2.31. The zero-order valence-electron chi connectivity index (χ0n) is 6.24. The van der Waals surface area contributed by atoms with E-state index in [1.54, 1.807) is 0 Å². The summed E-state index contributed by atoms with van der Waals surface area (Å²) in [4.78, 5) is 0. The smallest absolute Gasteiger partial charge is 0.0213 e. The summed E-state index contributed by atoms with van der Waals surface area (Å²) < 4.78 is 1.16. The number of halogens is 1. The van der Waals surface area contributed by atoms with Crippen LogP contribution in [0.1, 0.15) is 18.1 Å². The number of benzene rings is 1. The summed E-state index contributed by atoms with van der Waals surface area (Å²) in [6, 6.07) is 7.07. The van der Waals surface area contributed by atoms with Crippen molar-refractivity contribution in [3.8, 4) is 0 Å². The topological polar surface area (TPSA) is 0 Å². The molecule has 0 aromatic heterocycles. The van der Waals surface area contributed by atoms with E-state index in [9.17, 15) is 0 Å². The Bertz CT molecular complexity index is 228. The molecule has 0 bridgehead atoms. The SMILES string of the molecule is CCc1c[c]cc(Br)c1C. The van der Waals surface area contributed by atoms with Gasteiger partial charge in [0.25, 0.3) is 0 Å². The summed E-state index contributed by atoms with van der Waals surface area (Å²) in [7, 11) is 0. The van der Waals surface area contributed by atoms with E-state index in [-0.39, 0.29) is 0 Å². The highest BCUT2D eigenvalue weighted by Gasteiger charge is 1.97. The first kappa shape index (κ1) is 7.80. The van der Waals surface area contributed by atoms with E-state index in [4.69, 9.17) is 0 Å². The maximum atomic E-state index is 3.46. The Balaban J connectivity index is 3.14. The van der Waals surface area contributed by atoms with Crippen molar-refractivity contribution in [2.75, 3.05) is 0 Å². The lowest BCUT2D eigenvalue weighted by Crippen LogP contribution is -1.85. The molecule has 0 saturated carbocycles. The molecule has 0 aliphatic carbocycles. The van der Waals surface area contributed by atoms with Crippen molar-refractivity contribution in [2.45, 2.75) is 20.3 Å². The third kappa shape index (κ3) is 1.40. The number of hydrogen-bond donors (Lipinski definition) is 0. The van der Waals surface area contributed by atoms with Crippen LogP contribution in [0.5, 0.6) is 0 Å². The minimum absolute atomic E-state index is 1.09. The number of hydrogen-bond acceptors (Lipinski definition) is 0. The molecule has 53 valence electrons. The summed E-state index contributed by atoms with van der Waals surface area (Å²) in [6.07, 6.45) is 1.09. The second-order valence-corrected chi connectivity index (χ2v) is 3.16. The monoisotopic (exact) mass is 197 g/mol. The average molecular weight is 198 g/mol. The van der Waals surface area contributed by atoms with E-state index in [1.165, 1.54) is 11.1 Å². The minimum atomic E-state index is 1.09. The largest absolute Gasteiger partial charge is 0.0613 e. The van der Waals surface area contributed by atoms with Crippen LogP contribution >= 0.6 is 15.9 Å². The van der Waals surface area contributed by atoms with Crippen molar-refractivity contribution in [1.29, 1.82) is 0 Å². The second kappa shape index (κ2) is 3.20. The molecule has 0 N–H and O–H groups in total. The van der Waals surface area contributed by atoms with E-state index in [0.717, 1.165) is 10.9 Å². The zero-order chi connectivity index (χ0) is 7.56. The molecule has 1 rings (SSSR count). The van der Waals surface area contributed by atoms with E-state index in [2.05, 4.69) is 35.8 Å². The maximum absolute atomic E-state index is 3.46. The first-order valence-corrected chi connectivity index (χ1v) is 4.20. The van der Waals surface area contributed by atoms with Crippen molar-refractivity contribution in [1.82, 2.24) is 0 Å². The fourth-order valence-electron chi connectivity index (χ4n) is 0.953. The van der Waals surface area contributed by atoms with E-state index < -0.39 is 0 Å². The van der Waals surface area contributed by atoms with E-state index >= 15 is 0 Å². The van der Waals surface area contributed by atoms with Crippen LogP contribution in [0.4, 0.5) is 0 Å². The van der Waals surface area contributed by atoms with Gasteiger partial charge in [0.2, 0.25) is 0 Å². The fraction of sp³-hybridized carbons (Fsp3) is 0.333. The summed E-state index contributed by atoms with van der Waals surface area (Å²) in [5, 5.41) is 0. The normalized spacial score (nSPS) is 9.90. The van der Waals surface area contributed by atoms with Crippen LogP contribution in [0, 0.1) is 13.0 Å². The third-order valence-corrected chi connectivity index (χ3v) is 2.51. The molecule has 0 spiro atoms. The minimum Gasteiger partial charge on any atom is -0.0613 e. The zero-order valence-corrected chi connectivity index (χ0v) is 7.83. The van der Waals surface area contributed by atoms with Gasteiger partial charge in [0.05, 0.1) is 0 Å². The van der Waals surface area contributed by atoms with Crippen molar-refractivity contribution in [2.24, 2.45) is 0 Å². The quantitative estimate of drug-likeness (QED) is 0.650. The Labute approximate surface area is 70.4 Å². The van der Waals surface area contributed by atoms with Gasteiger partial charge >= 0.3 is 0 Å². The Morgan fingerprint density at radius 2 is 2.20 bits per heavy atom. The van der Waals surface area contributed by atoms with Gasteiger partial charge in [-0.1, -0.05) is 28.9 Å². The van der Waals surface area contributed by atoms with Gasteiger partial charge in [-0.3, -0.25) is 0 Å². The van der Waals surface area contributed by atoms with Crippen LogP contribution in [0.2, 0.25) is 0 Å². The summed E-state index contributed by atoms with van der Waals surface area (Å²) in [5.41, 5.74) is 2.70. The molecule has 10 heavy (non-hydrogen) atoms. The summed E-state index contributed by atoms with van der Waals surface area (Å²) >= 11 is 3.46. The predicted molar refractivity (Wildman–Crippen MR) is 47.1 cm³/mol. The lowest BCUT2D eigenvalue weighted by Gasteiger charge is -2.02. The summed E-state index contributed by atoms with van der Waals surface area (Å²) in [6.45, 7) is 4.28. The standard InChI is InChI=1S/C9H10Br/c1-3-8-5-4-6-9(10)7(8)2/h5-6H,3H2,1-2H3. The van der Waals surface area contributed by atoms with Gasteiger partial charge in [-0.2, -0.15) is 0 Å². The average Bonchev–Trinajstić information content (AvgIpc) is 1.95. The van der Waals surface area contributed by atoms with Crippen molar-refractivity contribution in [3.05, 3.63) is 33.8 Å². The highest BCUT2D eigenvalue weighted by atomic mass is 79.9. The molecular formula is C9H10Br. The molecule has 0 saturated heterocycles. The first-order valence-electron chi connectivity index (χ1n) is 3.40. The van der Waals surface area contributed by atoms with Crippen LogP contribution in [0.15, 0.2) is 16.6 Å². The fourth-order valence-corrected chi connectivity index (χ4v) is 1.34. The number of rotatable bonds is 1. The van der Waals surface area contributed by atoms with Crippen LogP contribution in [-0.2, 0) is 6.42 Å².